The molecular weight excluding hydrogens is 412 g/mol. The number of hydrogen-bond acceptors (Lipinski definition) is 6. The smallest absolute Gasteiger partial charge is 0.246 e. The van der Waals surface area contributed by atoms with Gasteiger partial charge in [0.25, 0.3) is 0 Å². The number of ketones is 1. The summed E-state index contributed by atoms with van der Waals surface area (Å²) in [6.07, 6.45) is 0.557. The molecule has 0 unspecified atom stereocenters. The van der Waals surface area contributed by atoms with Gasteiger partial charge in [0.2, 0.25) is 11.1 Å². The highest BCUT2D eigenvalue weighted by Crippen LogP contribution is 2.42. The van der Waals surface area contributed by atoms with Crippen LogP contribution in [0.4, 0.5) is 0 Å². The van der Waals surface area contributed by atoms with Gasteiger partial charge in [-0.15, -0.1) is 10.2 Å². The van der Waals surface area contributed by atoms with E-state index in [2.05, 4.69) is 10.2 Å². The fraction of sp³-hybridized carbons (Fsp3) is 0.217. The average molecular weight is 435 g/mol. The molecule has 158 valence electrons. The highest BCUT2D eigenvalue weighted by atomic mass is 32.2. The summed E-state index contributed by atoms with van der Waals surface area (Å²) < 4.78 is 7.09. The molecule has 0 fully saturated rings. The molecule has 2 heterocycles. The van der Waals surface area contributed by atoms with E-state index in [1.807, 2.05) is 54.6 Å². The van der Waals surface area contributed by atoms with Crippen molar-refractivity contribution in [2.75, 3.05) is 12.1 Å². The molecule has 3 aromatic rings. The number of rotatable bonds is 6. The van der Waals surface area contributed by atoms with Crippen LogP contribution in [-0.4, -0.2) is 33.7 Å². The van der Waals surface area contributed by atoms with E-state index in [9.17, 15) is 9.59 Å². The summed E-state index contributed by atoms with van der Waals surface area (Å²) in [4.78, 5) is 26.7. The van der Waals surface area contributed by atoms with Crippen LogP contribution in [0.5, 0.6) is 5.75 Å². The molecule has 0 bridgehead atoms. The first kappa shape index (κ1) is 20.9. The number of methoxy groups -OCH3 is 1. The molecule has 1 aromatic heterocycles. The summed E-state index contributed by atoms with van der Waals surface area (Å²) in [5, 5.41) is 10.7. The molecule has 0 spiro atoms. The molecule has 0 N–H and O–H groups in total. The zero-order chi connectivity index (χ0) is 22.0. The van der Waals surface area contributed by atoms with Crippen LogP contribution in [0.1, 0.15) is 32.3 Å². The number of nitrogens with zero attached hydrogens (tertiary/aromatic N) is 4. The normalized spacial score (nSPS) is 13.2. The highest BCUT2D eigenvalue weighted by molar-refractivity contribution is 8.04. The summed E-state index contributed by atoms with van der Waals surface area (Å²) in [5.74, 6) is 0.943. The van der Waals surface area contributed by atoms with Gasteiger partial charge in [-0.1, -0.05) is 56.3 Å². The lowest BCUT2D eigenvalue weighted by atomic mass is 10.1. The van der Waals surface area contributed by atoms with Crippen molar-refractivity contribution in [1.82, 2.24) is 14.9 Å². The van der Waals surface area contributed by atoms with Crippen molar-refractivity contribution < 1.29 is 14.3 Å². The lowest BCUT2D eigenvalue weighted by molar-refractivity contribution is -0.118. The summed E-state index contributed by atoms with van der Waals surface area (Å²) in [6, 6.07) is 16.9. The van der Waals surface area contributed by atoms with E-state index in [1.165, 1.54) is 16.8 Å². The third-order valence-electron chi connectivity index (χ3n) is 4.92. The quantitative estimate of drug-likeness (QED) is 0.576. The molecule has 0 saturated heterocycles. The Morgan fingerprint density at radius 3 is 2.39 bits per heavy atom. The summed E-state index contributed by atoms with van der Waals surface area (Å²) in [6.45, 7) is 3.60. The van der Waals surface area contributed by atoms with Crippen LogP contribution in [-0.2, 0) is 9.59 Å². The predicted molar refractivity (Wildman–Crippen MR) is 120 cm³/mol. The van der Waals surface area contributed by atoms with Gasteiger partial charge in [0.05, 0.1) is 17.7 Å². The summed E-state index contributed by atoms with van der Waals surface area (Å²) in [5.41, 5.74) is 2.06. The van der Waals surface area contributed by atoms with Gasteiger partial charge in [0.1, 0.15) is 5.75 Å². The lowest BCUT2D eigenvalue weighted by Gasteiger charge is -2.33. The zero-order valence-electron chi connectivity index (χ0n) is 17.5. The van der Waals surface area contributed by atoms with E-state index < -0.39 is 0 Å². The summed E-state index contributed by atoms with van der Waals surface area (Å²) >= 11 is 1.24. The maximum absolute atomic E-state index is 13.3. The predicted octanol–water partition coefficient (Wildman–Crippen LogP) is 4.28. The van der Waals surface area contributed by atoms with Crippen LogP contribution < -0.4 is 9.75 Å². The molecule has 0 atom stereocenters. The van der Waals surface area contributed by atoms with E-state index in [1.54, 1.807) is 25.6 Å². The Morgan fingerprint density at radius 2 is 1.71 bits per heavy atom. The Kier molecular flexibility index (Phi) is 5.90. The fourth-order valence-electron chi connectivity index (χ4n) is 3.37. The number of Topliss-reactive ketones (excluding diaryl/α,β-unsaturated/α-hetero) is 1. The highest BCUT2D eigenvalue weighted by Gasteiger charge is 2.36. The van der Waals surface area contributed by atoms with Crippen molar-refractivity contribution in [1.29, 1.82) is 0 Å². The minimum absolute atomic E-state index is 0.0627. The molecule has 7 nitrogen and oxygen atoms in total. The molecule has 0 aliphatic carbocycles. The third-order valence-corrected chi connectivity index (χ3v) is 5.98. The number of fused-ring (bicyclic) bond motifs is 1. The van der Waals surface area contributed by atoms with Gasteiger partial charge in [-0.05, 0) is 23.9 Å². The Hall–Kier alpha value is -3.39. The first-order valence-corrected chi connectivity index (χ1v) is 10.8. The maximum Gasteiger partial charge on any atom is 0.246 e. The monoisotopic (exact) mass is 434 g/mol. The van der Waals surface area contributed by atoms with Crippen molar-refractivity contribution >= 4 is 29.1 Å². The van der Waals surface area contributed by atoms with Crippen molar-refractivity contribution in [3.8, 4) is 17.1 Å². The Morgan fingerprint density at radius 1 is 0.968 bits per heavy atom. The number of hydrogen-bond donors (Lipinski definition) is 0. The van der Waals surface area contributed by atoms with Gasteiger partial charge in [-0.25, -0.2) is 5.01 Å². The number of allylic oxidation sites excluding steroid dienone is 1. The second kappa shape index (κ2) is 8.77. The molecular formula is C23H22N4O3S. The van der Waals surface area contributed by atoms with Crippen LogP contribution >= 0.6 is 11.8 Å². The molecule has 2 aromatic carbocycles. The minimum atomic E-state index is -0.169. The van der Waals surface area contributed by atoms with E-state index in [0.29, 0.717) is 39.3 Å². The van der Waals surface area contributed by atoms with E-state index in [-0.39, 0.29) is 18.1 Å². The Balaban J connectivity index is 1.99. The third kappa shape index (κ3) is 3.74. The second-order valence-electron chi connectivity index (χ2n) is 6.83. The Bertz CT molecular complexity index is 1170. The number of carbonyl (C=O) groups excluding carboxylic acids is 2. The van der Waals surface area contributed by atoms with Crippen LogP contribution in [0.25, 0.3) is 17.1 Å². The van der Waals surface area contributed by atoms with Crippen LogP contribution in [0.2, 0.25) is 0 Å². The molecule has 1 aliphatic heterocycles. The lowest BCUT2D eigenvalue weighted by Crippen LogP contribution is -2.42. The van der Waals surface area contributed by atoms with E-state index in [0.717, 1.165) is 5.56 Å². The van der Waals surface area contributed by atoms with Gasteiger partial charge < -0.3 is 4.74 Å². The standard InChI is InChI=1S/C23H22N4O3S/c1-4-18(28)21-20(16-12-9-13-17(14-16)30-3)26(19(29)5-2)27-22(24-25-23(27)31-21)15-10-7-6-8-11-15/h6-14H,4-5H2,1-3H3. The first-order valence-electron chi connectivity index (χ1n) is 10.0. The SMILES string of the molecule is CCC(=O)C1=C(c2cccc(OC)c2)N(C(=O)CC)n2c(nnc2-c2ccccc2)S1. The molecule has 0 radical (unpaired) electrons. The average Bonchev–Trinajstić information content (AvgIpc) is 3.26. The van der Waals surface area contributed by atoms with E-state index in [4.69, 9.17) is 4.74 Å². The number of benzene rings is 2. The molecule has 1 aliphatic rings. The Labute approximate surface area is 184 Å². The van der Waals surface area contributed by atoms with Gasteiger partial charge in [-0.3, -0.25) is 9.59 Å². The molecule has 31 heavy (non-hydrogen) atoms. The van der Waals surface area contributed by atoms with Crippen molar-refractivity contribution in [2.24, 2.45) is 0 Å². The van der Waals surface area contributed by atoms with E-state index >= 15 is 0 Å². The van der Waals surface area contributed by atoms with Gasteiger partial charge in [0.15, 0.2) is 11.6 Å². The minimum Gasteiger partial charge on any atom is -0.497 e. The van der Waals surface area contributed by atoms with Crippen LogP contribution in [0.15, 0.2) is 64.7 Å². The van der Waals surface area contributed by atoms with Crippen molar-refractivity contribution in [2.45, 2.75) is 31.8 Å². The molecule has 8 heteroatoms. The number of ether oxygens (including phenoxy) is 1. The van der Waals surface area contributed by atoms with Crippen LogP contribution in [0, 0.1) is 0 Å². The number of aromatic nitrogens is 3. The summed E-state index contributed by atoms with van der Waals surface area (Å²) in [7, 11) is 1.58. The van der Waals surface area contributed by atoms with Gasteiger partial charge in [-0.2, -0.15) is 4.68 Å². The number of thioether (sulfide) groups is 1. The number of carbonyl (C=O) groups is 2. The van der Waals surface area contributed by atoms with Gasteiger partial charge in [0, 0.05) is 24.0 Å². The molecule has 4 rings (SSSR count). The van der Waals surface area contributed by atoms with Crippen molar-refractivity contribution in [3.05, 3.63) is 65.1 Å². The van der Waals surface area contributed by atoms with Gasteiger partial charge >= 0.3 is 0 Å². The molecule has 1 amide bonds. The largest absolute Gasteiger partial charge is 0.497 e. The number of amides is 1. The molecule has 0 saturated carbocycles. The van der Waals surface area contributed by atoms with Crippen LogP contribution in [0.3, 0.4) is 0 Å². The zero-order valence-corrected chi connectivity index (χ0v) is 18.3. The van der Waals surface area contributed by atoms with Crippen molar-refractivity contribution in [3.63, 3.8) is 0 Å². The first-order chi connectivity index (χ1) is 15.1. The second-order valence-corrected chi connectivity index (χ2v) is 7.81. The maximum atomic E-state index is 13.3. The topological polar surface area (TPSA) is 77.3 Å². The fourth-order valence-corrected chi connectivity index (χ4v) is 4.45.